The molecule has 0 saturated carbocycles. The second-order valence-corrected chi connectivity index (χ2v) is 11.8. The molecule has 0 N–H and O–H groups in total. The molecule has 0 aliphatic carbocycles. The zero-order valence-electron chi connectivity index (χ0n) is 21.9. The highest BCUT2D eigenvalue weighted by atomic mass is 31.2. The lowest BCUT2D eigenvalue weighted by Crippen LogP contribution is -2.11. The van der Waals surface area contributed by atoms with Gasteiger partial charge in [-0.05, 0) is 71.9 Å². The third kappa shape index (κ3) is 8.18. The molecule has 4 nitrogen and oxygen atoms in total. The van der Waals surface area contributed by atoms with Gasteiger partial charge in [-0.1, -0.05) is 96.1 Å². The van der Waals surface area contributed by atoms with Crippen LogP contribution in [0.25, 0.3) is 0 Å². The van der Waals surface area contributed by atoms with E-state index in [4.69, 9.17) is 13.6 Å². The summed E-state index contributed by atoms with van der Waals surface area (Å²) >= 11 is 0. The lowest BCUT2D eigenvalue weighted by atomic mass is 10.0. The molecule has 0 atom stereocenters. The number of phosphoric acid groups is 1. The van der Waals surface area contributed by atoms with Crippen molar-refractivity contribution in [1.82, 2.24) is 0 Å². The van der Waals surface area contributed by atoms with Crippen LogP contribution in [0.2, 0.25) is 0 Å². The molecule has 188 valence electrons. The van der Waals surface area contributed by atoms with E-state index in [9.17, 15) is 4.57 Å². The van der Waals surface area contributed by atoms with Crippen LogP contribution in [0.4, 0.5) is 0 Å². The summed E-state index contributed by atoms with van der Waals surface area (Å²) in [5, 5.41) is 0. The first-order valence-electron chi connectivity index (χ1n) is 12.6. The van der Waals surface area contributed by atoms with Gasteiger partial charge in [0.05, 0.1) is 0 Å². The molecule has 0 radical (unpaired) electrons. The lowest BCUT2D eigenvalue weighted by Gasteiger charge is -2.23. The molecule has 0 amide bonds. The predicted molar refractivity (Wildman–Crippen MR) is 144 cm³/mol. The Hall–Kier alpha value is -2.71. The van der Waals surface area contributed by atoms with Crippen LogP contribution >= 0.6 is 7.82 Å². The van der Waals surface area contributed by atoms with Gasteiger partial charge in [-0.15, -0.1) is 0 Å². The van der Waals surface area contributed by atoms with E-state index >= 15 is 0 Å². The molecule has 0 aromatic heterocycles. The summed E-state index contributed by atoms with van der Waals surface area (Å²) in [7, 11) is -4.10. The number of phosphoric ester groups is 1. The van der Waals surface area contributed by atoms with Crippen LogP contribution in [0.1, 0.15) is 58.2 Å². The first-order valence-corrected chi connectivity index (χ1v) is 14.0. The van der Waals surface area contributed by atoms with E-state index in [1.54, 1.807) is 0 Å². The van der Waals surface area contributed by atoms with Gasteiger partial charge in [0, 0.05) is 0 Å². The van der Waals surface area contributed by atoms with Gasteiger partial charge in [-0.25, -0.2) is 0 Å². The highest BCUT2D eigenvalue weighted by Crippen LogP contribution is 2.52. The second kappa shape index (κ2) is 12.3. The van der Waals surface area contributed by atoms with Crippen molar-refractivity contribution in [2.24, 2.45) is 17.8 Å². The number of benzene rings is 3. The monoisotopic (exact) mass is 494 g/mol. The summed E-state index contributed by atoms with van der Waals surface area (Å²) in [5.74, 6) is 2.81. The zero-order chi connectivity index (χ0) is 25.4. The Morgan fingerprint density at radius 2 is 0.771 bits per heavy atom. The standard InChI is InChI=1S/C30H39O4P/c1-22(2)19-25-13-7-10-16-28(25)32-35(31,33-29-17-11-8-14-26(29)20-23(3)4)34-30-18-12-9-15-27(30)21-24(5)6/h7-18,22-24H,19-21H2,1-6H3. The maximum Gasteiger partial charge on any atom is 0.647 e. The van der Waals surface area contributed by atoms with Crippen LogP contribution in [0.5, 0.6) is 17.2 Å². The summed E-state index contributed by atoms with van der Waals surface area (Å²) in [4.78, 5) is 0. The minimum absolute atomic E-state index is 0.416. The van der Waals surface area contributed by atoms with Crippen molar-refractivity contribution in [3.05, 3.63) is 89.5 Å². The van der Waals surface area contributed by atoms with Gasteiger partial charge >= 0.3 is 7.82 Å². The van der Waals surface area contributed by atoms with Gasteiger partial charge in [0.1, 0.15) is 17.2 Å². The molecule has 0 spiro atoms. The molecular weight excluding hydrogens is 455 g/mol. The minimum atomic E-state index is -4.10. The fraction of sp³-hybridized carbons (Fsp3) is 0.400. The smallest absolute Gasteiger partial charge is 0.386 e. The van der Waals surface area contributed by atoms with E-state index in [2.05, 4.69) is 41.5 Å². The first-order chi connectivity index (χ1) is 16.6. The highest BCUT2D eigenvalue weighted by Gasteiger charge is 2.35. The number of hydrogen-bond acceptors (Lipinski definition) is 4. The molecule has 0 aliphatic rings. The van der Waals surface area contributed by atoms with Crippen LogP contribution < -0.4 is 13.6 Å². The molecule has 0 bridgehead atoms. The molecule has 0 heterocycles. The SMILES string of the molecule is CC(C)Cc1ccccc1OP(=O)(Oc1ccccc1CC(C)C)Oc1ccccc1CC(C)C. The average molecular weight is 495 g/mol. The van der Waals surface area contributed by atoms with Crippen LogP contribution in [0.3, 0.4) is 0 Å². The van der Waals surface area contributed by atoms with Crippen LogP contribution in [0, 0.1) is 17.8 Å². The van der Waals surface area contributed by atoms with Crippen molar-refractivity contribution in [1.29, 1.82) is 0 Å². The van der Waals surface area contributed by atoms with Crippen molar-refractivity contribution in [3.8, 4) is 17.2 Å². The van der Waals surface area contributed by atoms with Crippen molar-refractivity contribution in [3.63, 3.8) is 0 Å². The fourth-order valence-corrected chi connectivity index (χ4v) is 5.39. The quantitative estimate of drug-likeness (QED) is 0.236. The Morgan fingerprint density at radius 1 is 0.514 bits per heavy atom. The zero-order valence-corrected chi connectivity index (χ0v) is 22.8. The number of rotatable bonds is 12. The topological polar surface area (TPSA) is 44.8 Å². The van der Waals surface area contributed by atoms with Crippen molar-refractivity contribution in [2.45, 2.75) is 60.8 Å². The summed E-state index contributed by atoms with van der Waals surface area (Å²) in [6, 6.07) is 23.0. The molecule has 5 heteroatoms. The normalized spacial score (nSPS) is 11.8. The Morgan fingerprint density at radius 3 is 1.03 bits per heavy atom. The highest BCUT2D eigenvalue weighted by molar-refractivity contribution is 7.49. The van der Waals surface area contributed by atoms with Gasteiger partial charge in [0.25, 0.3) is 0 Å². The van der Waals surface area contributed by atoms with Gasteiger partial charge in [-0.2, -0.15) is 4.57 Å². The summed E-state index contributed by atoms with van der Waals surface area (Å²) in [6.07, 6.45) is 2.39. The molecule has 0 aliphatic heterocycles. The maximum atomic E-state index is 14.4. The number of para-hydroxylation sites is 3. The molecule has 0 saturated heterocycles. The summed E-state index contributed by atoms with van der Waals surface area (Å²) in [6.45, 7) is 12.9. The third-order valence-electron chi connectivity index (χ3n) is 5.43. The van der Waals surface area contributed by atoms with Gasteiger partial charge in [0.2, 0.25) is 0 Å². The second-order valence-electron chi connectivity index (χ2n) is 10.3. The molecule has 35 heavy (non-hydrogen) atoms. The summed E-state index contributed by atoms with van der Waals surface area (Å²) < 4.78 is 32.9. The predicted octanol–water partition coefficient (Wildman–Crippen LogP) is 8.93. The maximum absolute atomic E-state index is 14.4. The average Bonchev–Trinajstić information content (AvgIpc) is 2.77. The van der Waals surface area contributed by atoms with Gasteiger partial charge in [0.15, 0.2) is 0 Å². The van der Waals surface area contributed by atoms with Crippen LogP contribution in [-0.2, 0) is 23.8 Å². The van der Waals surface area contributed by atoms with E-state index in [-0.39, 0.29) is 0 Å². The molecule has 0 fully saturated rings. The largest absolute Gasteiger partial charge is 0.647 e. The fourth-order valence-electron chi connectivity index (χ4n) is 4.02. The molecule has 0 unspecified atom stereocenters. The van der Waals surface area contributed by atoms with E-state index in [0.717, 1.165) is 36.0 Å². The van der Waals surface area contributed by atoms with E-state index in [1.807, 2.05) is 72.8 Å². The van der Waals surface area contributed by atoms with Gasteiger partial charge in [-0.3, -0.25) is 0 Å². The number of hydrogen-bond donors (Lipinski definition) is 0. The van der Waals surface area contributed by atoms with Crippen LogP contribution in [0.15, 0.2) is 72.8 Å². The Labute approximate surface area is 211 Å². The molecule has 3 aromatic rings. The Bertz CT molecular complexity index is 995. The van der Waals surface area contributed by atoms with Crippen molar-refractivity contribution >= 4 is 7.82 Å². The van der Waals surface area contributed by atoms with E-state index in [0.29, 0.717) is 35.0 Å². The molecular formula is C30H39O4P. The third-order valence-corrected chi connectivity index (χ3v) is 6.69. The van der Waals surface area contributed by atoms with Crippen LogP contribution in [-0.4, -0.2) is 0 Å². The van der Waals surface area contributed by atoms with E-state index in [1.165, 1.54) is 0 Å². The first kappa shape index (κ1) is 26.9. The Balaban J connectivity index is 2.03. The summed E-state index contributed by atoms with van der Waals surface area (Å²) in [5.41, 5.74) is 2.92. The molecule has 3 aromatic carbocycles. The van der Waals surface area contributed by atoms with Crippen molar-refractivity contribution < 1.29 is 18.1 Å². The van der Waals surface area contributed by atoms with Gasteiger partial charge < -0.3 is 13.6 Å². The Kier molecular flexibility index (Phi) is 9.46. The van der Waals surface area contributed by atoms with E-state index < -0.39 is 7.82 Å². The van der Waals surface area contributed by atoms with Crippen molar-refractivity contribution in [2.75, 3.05) is 0 Å². The minimum Gasteiger partial charge on any atom is -0.386 e. The lowest BCUT2D eigenvalue weighted by molar-refractivity contribution is 0.294. The molecule has 3 rings (SSSR count).